The Labute approximate surface area is 127 Å². The van der Waals surface area contributed by atoms with Crippen molar-refractivity contribution < 1.29 is 27.6 Å². The van der Waals surface area contributed by atoms with Gasteiger partial charge < -0.3 is 10.1 Å². The average molecular weight is 326 g/mol. The maximum Gasteiger partial charge on any atom is 0.387 e. The Hall–Kier alpha value is -3.10. The van der Waals surface area contributed by atoms with Crippen molar-refractivity contribution in [3.63, 3.8) is 0 Å². The summed E-state index contributed by atoms with van der Waals surface area (Å²) in [5.74, 6) is -1.97. The fourth-order valence-electron chi connectivity index (χ4n) is 1.75. The fraction of sp³-hybridized carbons (Fsp3) is 0.0714. The van der Waals surface area contributed by atoms with Crippen LogP contribution in [0.1, 0.15) is 10.4 Å². The zero-order valence-electron chi connectivity index (χ0n) is 11.3. The minimum absolute atomic E-state index is 0.00451. The number of nitro benzene ring substituents is 1. The first-order valence-electron chi connectivity index (χ1n) is 6.17. The molecular weight excluding hydrogens is 317 g/mol. The van der Waals surface area contributed by atoms with Crippen LogP contribution in [0.25, 0.3) is 0 Å². The van der Waals surface area contributed by atoms with Crippen LogP contribution in [-0.2, 0) is 0 Å². The Morgan fingerprint density at radius 3 is 2.61 bits per heavy atom. The first-order valence-corrected chi connectivity index (χ1v) is 6.17. The molecule has 0 atom stereocenters. The maximum atomic E-state index is 13.2. The van der Waals surface area contributed by atoms with E-state index in [-0.39, 0.29) is 17.0 Å². The van der Waals surface area contributed by atoms with Gasteiger partial charge in [-0.3, -0.25) is 14.9 Å². The third-order valence-electron chi connectivity index (χ3n) is 2.72. The van der Waals surface area contributed by atoms with E-state index in [1.807, 2.05) is 0 Å². The minimum atomic E-state index is -3.03. The summed E-state index contributed by atoms with van der Waals surface area (Å²) in [7, 11) is 0. The van der Waals surface area contributed by atoms with Crippen LogP contribution in [0.2, 0.25) is 0 Å². The van der Waals surface area contributed by atoms with Gasteiger partial charge in [0, 0.05) is 17.3 Å². The lowest BCUT2D eigenvalue weighted by Crippen LogP contribution is -2.12. The van der Waals surface area contributed by atoms with Gasteiger partial charge in [-0.15, -0.1) is 0 Å². The SMILES string of the molecule is O=C(Nc1ccc(F)c([N+](=O)[O-])c1)c1cccc(OC(F)F)c1. The molecule has 0 spiro atoms. The van der Waals surface area contributed by atoms with E-state index in [1.165, 1.54) is 18.2 Å². The van der Waals surface area contributed by atoms with Gasteiger partial charge in [-0.2, -0.15) is 13.2 Å². The Kier molecular flexibility index (Phi) is 4.79. The van der Waals surface area contributed by atoms with E-state index in [1.54, 1.807) is 0 Å². The molecule has 0 unspecified atom stereocenters. The third kappa shape index (κ3) is 4.19. The quantitative estimate of drug-likeness (QED) is 0.672. The summed E-state index contributed by atoms with van der Waals surface area (Å²) < 4.78 is 41.7. The van der Waals surface area contributed by atoms with Crippen molar-refractivity contribution in [3.8, 4) is 5.75 Å². The molecule has 0 aliphatic rings. The second-order valence-corrected chi connectivity index (χ2v) is 4.28. The number of hydrogen-bond donors (Lipinski definition) is 1. The molecule has 23 heavy (non-hydrogen) atoms. The summed E-state index contributed by atoms with van der Waals surface area (Å²) >= 11 is 0. The molecule has 0 aliphatic carbocycles. The Bertz CT molecular complexity index is 753. The Morgan fingerprint density at radius 1 is 1.22 bits per heavy atom. The van der Waals surface area contributed by atoms with E-state index in [0.717, 1.165) is 24.3 Å². The highest BCUT2D eigenvalue weighted by Gasteiger charge is 2.16. The van der Waals surface area contributed by atoms with Gasteiger partial charge in [0.1, 0.15) is 5.75 Å². The highest BCUT2D eigenvalue weighted by molar-refractivity contribution is 6.04. The van der Waals surface area contributed by atoms with Crippen LogP contribution in [0.15, 0.2) is 42.5 Å². The van der Waals surface area contributed by atoms with Gasteiger partial charge in [0.15, 0.2) is 0 Å². The third-order valence-corrected chi connectivity index (χ3v) is 2.72. The summed E-state index contributed by atoms with van der Waals surface area (Å²) in [4.78, 5) is 21.7. The number of nitrogens with one attached hydrogen (secondary N) is 1. The molecule has 0 aliphatic heterocycles. The highest BCUT2D eigenvalue weighted by atomic mass is 19.3. The van der Waals surface area contributed by atoms with Gasteiger partial charge in [0.2, 0.25) is 5.82 Å². The van der Waals surface area contributed by atoms with Crippen LogP contribution >= 0.6 is 0 Å². The number of benzene rings is 2. The van der Waals surface area contributed by atoms with Crippen molar-refractivity contribution in [2.45, 2.75) is 6.61 Å². The number of carbonyl (C=O) groups is 1. The summed E-state index contributed by atoms with van der Waals surface area (Å²) in [5, 5.41) is 13.0. The second kappa shape index (κ2) is 6.77. The van der Waals surface area contributed by atoms with Gasteiger partial charge >= 0.3 is 12.3 Å². The molecule has 2 rings (SSSR count). The van der Waals surface area contributed by atoms with Gasteiger partial charge in [-0.05, 0) is 30.3 Å². The number of rotatable bonds is 5. The number of hydrogen-bond acceptors (Lipinski definition) is 4. The molecule has 0 bridgehead atoms. The molecule has 0 aromatic heterocycles. The molecule has 0 heterocycles. The number of nitrogens with zero attached hydrogens (tertiary/aromatic N) is 1. The largest absolute Gasteiger partial charge is 0.435 e. The van der Waals surface area contributed by atoms with Crippen molar-refractivity contribution in [2.75, 3.05) is 5.32 Å². The molecule has 6 nitrogen and oxygen atoms in total. The number of nitro groups is 1. The summed E-state index contributed by atoms with van der Waals surface area (Å²) in [6, 6.07) is 7.83. The van der Waals surface area contributed by atoms with Crippen molar-refractivity contribution in [3.05, 3.63) is 64.0 Å². The molecule has 120 valence electrons. The van der Waals surface area contributed by atoms with Gasteiger partial charge in [-0.25, -0.2) is 0 Å². The monoisotopic (exact) mass is 326 g/mol. The molecule has 0 fully saturated rings. The van der Waals surface area contributed by atoms with Crippen LogP contribution in [0.5, 0.6) is 5.75 Å². The van der Waals surface area contributed by atoms with Crippen LogP contribution in [-0.4, -0.2) is 17.4 Å². The van der Waals surface area contributed by atoms with Gasteiger partial charge in [0.25, 0.3) is 5.91 Å². The van der Waals surface area contributed by atoms with Crippen molar-refractivity contribution in [1.82, 2.24) is 0 Å². The van der Waals surface area contributed by atoms with Crippen molar-refractivity contribution in [2.24, 2.45) is 0 Å². The number of alkyl halides is 2. The number of ether oxygens (including phenoxy) is 1. The van der Waals surface area contributed by atoms with Crippen LogP contribution < -0.4 is 10.1 Å². The Morgan fingerprint density at radius 2 is 1.96 bits per heavy atom. The molecular formula is C14H9F3N2O4. The second-order valence-electron chi connectivity index (χ2n) is 4.28. The number of anilines is 1. The number of carbonyl (C=O) groups excluding carboxylic acids is 1. The van der Waals surface area contributed by atoms with E-state index < -0.39 is 28.9 Å². The lowest BCUT2D eigenvalue weighted by Gasteiger charge is -2.08. The summed E-state index contributed by atoms with van der Waals surface area (Å²) in [5.41, 5.74) is -0.809. The molecule has 2 aromatic carbocycles. The predicted octanol–water partition coefficient (Wildman–Crippen LogP) is 3.59. The molecule has 0 radical (unpaired) electrons. The highest BCUT2D eigenvalue weighted by Crippen LogP contribution is 2.23. The molecule has 1 amide bonds. The topological polar surface area (TPSA) is 81.5 Å². The normalized spacial score (nSPS) is 10.4. The lowest BCUT2D eigenvalue weighted by atomic mass is 10.2. The van der Waals surface area contributed by atoms with E-state index in [0.29, 0.717) is 0 Å². The van der Waals surface area contributed by atoms with E-state index >= 15 is 0 Å². The van der Waals surface area contributed by atoms with Crippen LogP contribution in [0, 0.1) is 15.9 Å². The standard InChI is InChI=1S/C14H9F3N2O4/c15-11-5-4-9(7-12(11)19(21)22)18-13(20)8-2-1-3-10(6-8)23-14(16)17/h1-7,14H,(H,18,20). The molecule has 0 saturated carbocycles. The van der Waals surface area contributed by atoms with Crippen molar-refractivity contribution in [1.29, 1.82) is 0 Å². The maximum absolute atomic E-state index is 13.2. The zero-order chi connectivity index (χ0) is 17.0. The number of halogens is 3. The van der Waals surface area contributed by atoms with Gasteiger partial charge in [0.05, 0.1) is 4.92 Å². The predicted molar refractivity (Wildman–Crippen MR) is 74.1 cm³/mol. The first kappa shape index (κ1) is 16.3. The Balaban J connectivity index is 2.19. The molecule has 2 aromatic rings. The molecule has 9 heteroatoms. The van der Waals surface area contributed by atoms with Crippen molar-refractivity contribution >= 4 is 17.3 Å². The van der Waals surface area contributed by atoms with Crippen LogP contribution in [0.4, 0.5) is 24.5 Å². The zero-order valence-corrected chi connectivity index (χ0v) is 11.3. The summed E-state index contributed by atoms with van der Waals surface area (Å²) in [6.07, 6.45) is 0. The van der Waals surface area contributed by atoms with Crippen LogP contribution in [0.3, 0.4) is 0 Å². The summed E-state index contributed by atoms with van der Waals surface area (Å²) in [6.45, 7) is -3.03. The van der Waals surface area contributed by atoms with E-state index in [4.69, 9.17) is 0 Å². The fourth-order valence-corrected chi connectivity index (χ4v) is 1.75. The van der Waals surface area contributed by atoms with E-state index in [9.17, 15) is 28.1 Å². The average Bonchev–Trinajstić information content (AvgIpc) is 2.48. The smallest absolute Gasteiger partial charge is 0.387 e. The van der Waals surface area contributed by atoms with E-state index in [2.05, 4.69) is 10.1 Å². The minimum Gasteiger partial charge on any atom is -0.435 e. The lowest BCUT2D eigenvalue weighted by molar-refractivity contribution is -0.387. The van der Waals surface area contributed by atoms with Gasteiger partial charge in [-0.1, -0.05) is 6.07 Å². The first-order chi connectivity index (χ1) is 10.9. The molecule has 1 N–H and O–H groups in total. The number of amides is 1. The molecule has 0 saturated heterocycles.